The van der Waals surface area contributed by atoms with Gasteiger partial charge in [0.1, 0.15) is 12.1 Å². The van der Waals surface area contributed by atoms with E-state index in [0.717, 1.165) is 12.8 Å². The number of aliphatic carboxylic acids is 1. The SMILES string of the molecule is CCCC[C@@H]1NC[C@H](C(=O)CN2C[C@H](C(=O)O)NC(=O)[C@@H]2CCCNC(=N)N)NC1=O. The smallest absolute Gasteiger partial charge is 0.327 e. The average Bonchev–Trinajstić information content (AvgIpc) is 2.71. The lowest BCUT2D eigenvalue weighted by molar-refractivity contribution is -0.148. The highest BCUT2D eigenvalue weighted by atomic mass is 16.4. The summed E-state index contributed by atoms with van der Waals surface area (Å²) >= 11 is 0. The summed E-state index contributed by atoms with van der Waals surface area (Å²) in [5.74, 6) is -2.30. The van der Waals surface area contributed by atoms with Crippen LogP contribution in [0.15, 0.2) is 0 Å². The second-order valence-electron chi connectivity index (χ2n) is 7.96. The van der Waals surface area contributed by atoms with Crippen molar-refractivity contribution in [1.82, 2.24) is 26.2 Å². The van der Waals surface area contributed by atoms with Crippen molar-refractivity contribution in [3.05, 3.63) is 0 Å². The van der Waals surface area contributed by atoms with Gasteiger partial charge in [0.2, 0.25) is 11.8 Å². The fraction of sp³-hybridized carbons (Fsp3) is 0.737. The van der Waals surface area contributed by atoms with Crippen LogP contribution < -0.4 is 27.0 Å². The molecule has 0 aliphatic carbocycles. The highest BCUT2D eigenvalue weighted by Crippen LogP contribution is 2.15. The Balaban J connectivity index is 1.98. The van der Waals surface area contributed by atoms with E-state index in [4.69, 9.17) is 11.1 Å². The van der Waals surface area contributed by atoms with E-state index in [0.29, 0.717) is 32.4 Å². The van der Waals surface area contributed by atoms with Gasteiger partial charge >= 0.3 is 5.97 Å². The number of carbonyl (C=O) groups is 4. The summed E-state index contributed by atoms with van der Waals surface area (Å²) in [4.78, 5) is 50.6. The molecular weight excluding hydrogens is 406 g/mol. The Kier molecular flexibility index (Phi) is 9.19. The van der Waals surface area contributed by atoms with Crippen LogP contribution in [-0.4, -0.2) is 89.9 Å². The lowest BCUT2D eigenvalue weighted by atomic mass is 10.00. The van der Waals surface area contributed by atoms with Gasteiger partial charge in [-0.3, -0.25) is 24.7 Å². The maximum atomic E-state index is 12.8. The molecule has 0 spiro atoms. The van der Waals surface area contributed by atoms with Gasteiger partial charge in [0.25, 0.3) is 0 Å². The molecule has 2 heterocycles. The number of carbonyl (C=O) groups excluding carboxylic acids is 3. The molecule has 2 fully saturated rings. The molecule has 2 rings (SSSR count). The first-order valence-electron chi connectivity index (χ1n) is 10.6. The van der Waals surface area contributed by atoms with Gasteiger partial charge in [-0.25, -0.2) is 4.79 Å². The van der Waals surface area contributed by atoms with Crippen molar-refractivity contribution in [2.75, 3.05) is 26.2 Å². The first-order chi connectivity index (χ1) is 14.7. The van der Waals surface area contributed by atoms with Crippen LogP contribution in [0.5, 0.6) is 0 Å². The van der Waals surface area contributed by atoms with E-state index in [2.05, 4.69) is 21.3 Å². The second kappa shape index (κ2) is 11.6. The molecule has 2 amide bonds. The molecule has 0 bridgehead atoms. The fourth-order valence-corrected chi connectivity index (χ4v) is 3.81. The number of ketones is 1. The van der Waals surface area contributed by atoms with E-state index in [-0.39, 0.29) is 36.8 Å². The molecule has 12 heteroatoms. The van der Waals surface area contributed by atoms with Crippen molar-refractivity contribution in [3.63, 3.8) is 0 Å². The number of nitrogens with zero attached hydrogens (tertiary/aromatic N) is 1. The predicted molar refractivity (Wildman–Crippen MR) is 112 cm³/mol. The Bertz CT molecular complexity index is 701. The van der Waals surface area contributed by atoms with Gasteiger partial charge in [0.15, 0.2) is 11.7 Å². The zero-order valence-corrected chi connectivity index (χ0v) is 17.8. The molecule has 2 aliphatic rings. The summed E-state index contributed by atoms with van der Waals surface area (Å²) in [7, 11) is 0. The summed E-state index contributed by atoms with van der Waals surface area (Å²) in [6.07, 6.45) is 3.44. The molecule has 0 saturated carbocycles. The molecule has 2 aliphatic heterocycles. The molecule has 2 saturated heterocycles. The van der Waals surface area contributed by atoms with Crippen LogP contribution in [0.2, 0.25) is 0 Å². The number of hydrogen-bond acceptors (Lipinski definition) is 7. The maximum Gasteiger partial charge on any atom is 0.327 e. The van der Waals surface area contributed by atoms with Crippen molar-refractivity contribution in [2.24, 2.45) is 5.73 Å². The number of unbranched alkanes of at least 4 members (excludes halogenated alkanes) is 1. The third-order valence-electron chi connectivity index (χ3n) is 5.54. The highest BCUT2D eigenvalue weighted by molar-refractivity contribution is 5.94. The molecule has 12 nitrogen and oxygen atoms in total. The second-order valence-corrected chi connectivity index (χ2v) is 7.96. The quantitative estimate of drug-likeness (QED) is 0.106. The van der Waals surface area contributed by atoms with Gasteiger partial charge in [-0.05, 0) is 19.3 Å². The largest absolute Gasteiger partial charge is 0.480 e. The monoisotopic (exact) mass is 439 g/mol. The van der Waals surface area contributed by atoms with Crippen molar-refractivity contribution in [1.29, 1.82) is 5.41 Å². The number of piperazine rings is 2. The lowest BCUT2D eigenvalue weighted by Gasteiger charge is -2.38. The Morgan fingerprint density at radius 2 is 1.90 bits per heavy atom. The zero-order chi connectivity index (χ0) is 23.0. The van der Waals surface area contributed by atoms with Crippen molar-refractivity contribution in [2.45, 2.75) is 63.2 Å². The first-order valence-corrected chi connectivity index (χ1v) is 10.6. The van der Waals surface area contributed by atoms with E-state index in [1.165, 1.54) is 0 Å². The molecular formula is C19H33N7O5. The van der Waals surface area contributed by atoms with Gasteiger partial charge in [0.05, 0.1) is 18.6 Å². The van der Waals surface area contributed by atoms with Crippen LogP contribution >= 0.6 is 0 Å². The predicted octanol–water partition coefficient (Wildman–Crippen LogP) is -2.28. The summed E-state index contributed by atoms with van der Waals surface area (Å²) in [6.45, 7) is 2.57. The zero-order valence-electron chi connectivity index (χ0n) is 17.8. The number of Topliss-reactive ketones (excluding diaryl/α,β-unsaturated/α-hetero) is 1. The van der Waals surface area contributed by atoms with Gasteiger partial charge < -0.3 is 32.1 Å². The van der Waals surface area contributed by atoms with Crippen LogP contribution in [0.25, 0.3) is 0 Å². The third-order valence-corrected chi connectivity index (χ3v) is 5.54. The van der Waals surface area contributed by atoms with Gasteiger partial charge in [0, 0.05) is 19.6 Å². The minimum absolute atomic E-state index is 0.00909. The van der Waals surface area contributed by atoms with Crippen LogP contribution in [0.4, 0.5) is 0 Å². The molecule has 4 atom stereocenters. The number of rotatable bonds is 11. The van der Waals surface area contributed by atoms with E-state index in [1.807, 2.05) is 6.92 Å². The van der Waals surface area contributed by atoms with E-state index in [9.17, 15) is 24.3 Å². The number of nitrogens with one attached hydrogen (secondary N) is 5. The summed E-state index contributed by atoms with van der Waals surface area (Å²) in [5.41, 5.74) is 5.25. The van der Waals surface area contributed by atoms with Crippen LogP contribution in [0, 0.1) is 5.41 Å². The van der Waals surface area contributed by atoms with Crippen molar-refractivity contribution >= 4 is 29.5 Å². The topological polar surface area (TPSA) is 190 Å². The number of carboxylic acids is 1. The molecule has 31 heavy (non-hydrogen) atoms. The molecule has 0 radical (unpaired) electrons. The van der Waals surface area contributed by atoms with E-state index >= 15 is 0 Å². The Morgan fingerprint density at radius 1 is 1.19 bits per heavy atom. The number of nitrogens with two attached hydrogens (primary N) is 1. The number of amides is 2. The third kappa shape index (κ3) is 7.17. The van der Waals surface area contributed by atoms with Crippen LogP contribution in [0.3, 0.4) is 0 Å². The molecule has 174 valence electrons. The Hall–Kier alpha value is -2.73. The number of hydrogen-bond donors (Lipinski definition) is 7. The Labute approximate surface area is 181 Å². The molecule has 0 aromatic heterocycles. The first kappa shape index (κ1) is 24.5. The molecule has 8 N–H and O–H groups in total. The number of carboxylic acid groups (broad SMARTS) is 1. The summed E-state index contributed by atoms with van der Waals surface area (Å²) in [5, 5.41) is 27.5. The van der Waals surface area contributed by atoms with E-state index < -0.39 is 30.0 Å². The Morgan fingerprint density at radius 3 is 2.52 bits per heavy atom. The number of guanidine groups is 1. The van der Waals surface area contributed by atoms with Crippen molar-refractivity contribution in [3.8, 4) is 0 Å². The normalized spacial score (nSPS) is 26.6. The van der Waals surface area contributed by atoms with Gasteiger partial charge in [-0.1, -0.05) is 19.8 Å². The minimum Gasteiger partial charge on any atom is -0.480 e. The highest BCUT2D eigenvalue weighted by Gasteiger charge is 2.39. The minimum atomic E-state index is -1.17. The summed E-state index contributed by atoms with van der Waals surface area (Å²) in [6, 6.07) is -2.83. The van der Waals surface area contributed by atoms with Gasteiger partial charge in [-0.15, -0.1) is 0 Å². The molecule has 0 aromatic carbocycles. The summed E-state index contributed by atoms with van der Waals surface area (Å²) < 4.78 is 0. The van der Waals surface area contributed by atoms with E-state index in [1.54, 1.807) is 4.90 Å². The van der Waals surface area contributed by atoms with Gasteiger partial charge in [-0.2, -0.15) is 0 Å². The average molecular weight is 440 g/mol. The van der Waals surface area contributed by atoms with Crippen molar-refractivity contribution < 1.29 is 24.3 Å². The van der Waals surface area contributed by atoms with Crippen LogP contribution in [-0.2, 0) is 19.2 Å². The molecule has 0 unspecified atom stereocenters. The van der Waals surface area contributed by atoms with Crippen LogP contribution in [0.1, 0.15) is 39.0 Å². The standard InChI is InChI=1S/C19H33N7O5/c1-2-3-5-11-16(28)24-12(8-23-11)15(27)10-26-9-13(18(30)31)25-17(29)14(26)6-4-7-22-19(20)21/h11-14,23H,2-10H2,1H3,(H,24,28)(H,25,29)(H,30,31)(H4,20,21,22)/t11-,12+,13+,14-/m0/s1. The maximum absolute atomic E-state index is 12.8. The molecule has 0 aromatic rings. The fourth-order valence-electron chi connectivity index (χ4n) is 3.81. The lowest BCUT2D eigenvalue weighted by Crippen LogP contribution is -2.65.